The van der Waals surface area contributed by atoms with Crippen LogP contribution in [0.25, 0.3) is 10.9 Å². The van der Waals surface area contributed by atoms with E-state index >= 15 is 0 Å². The quantitative estimate of drug-likeness (QED) is 0.219. The number of fused-ring (bicyclic) bond motifs is 1. The van der Waals surface area contributed by atoms with Gasteiger partial charge < -0.3 is 59.7 Å². The molecule has 12 nitrogen and oxygen atoms in total. The smallest absolute Gasteiger partial charge is 0.229 e. The normalized spacial score (nSPS) is 39.6. The number of aromatic amines is 1. The lowest BCUT2D eigenvalue weighted by molar-refractivity contribution is -0.352. The third kappa shape index (κ3) is 4.70. The van der Waals surface area contributed by atoms with Crippen LogP contribution in [-0.4, -0.2) is 115 Å². The highest BCUT2D eigenvalue weighted by Crippen LogP contribution is 2.33. The first-order chi connectivity index (χ1) is 15.7. The molecule has 1 aromatic carbocycles. The molecule has 0 radical (unpaired) electrons. The minimum Gasteiger partial charge on any atom is -0.460 e. The summed E-state index contributed by atoms with van der Waals surface area (Å²) in [5.41, 5.74) is 0.672. The van der Waals surface area contributed by atoms with E-state index in [-0.39, 0.29) is 0 Å². The Morgan fingerprint density at radius 2 is 1.52 bits per heavy atom. The zero-order valence-corrected chi connectivity index (χ0v) is 17.9. The molecule has 2 aliphatic rings. The molecule has 0 amide bonds. The summed E-state index contributed by atoms with van der Waals surface area (Å²) in [5, 5.41) is 71.5. The summed E-state index contributed by atoms with van der Waals surface area (Å²) in [7, 11) is 0. The molecule has 4 rings (SSSR count). The van der Waals surface area contributed by atoms with Crippen molar-refractivity contribution >= 4 is 22.5 Å². The van der Waals surface area contributed by atoms with Crippen LogP contribution in [0.1, 0.15) is 0 Å². The first-order valence-electron chi connectivity index (χ1n) is 10.3. The number of aliphatic hydroxyl groups is 7. The van der Waals surface area contributed by atoms with Crippen molar-refractivity contribution in [3.05, 3.63) is 29.4 Å². The Morgan fingerprint density at radius 1 is 0.848 bits per heavy atom. The number of ether oxygens (including phenoxy) is 4. The van der Waals surface area contributed by atoms with E-state index in [9.17, 15) is 35.7 Å². The molecular weight excluding hydrogens is 466 g/mol. The van der Waals surface area contributed by atoms with E-state index < -0.39 is 74.6 Å². The number of halogens is 1. The van der Waals surface area contributed by atoms with Crippen LogP contribution >= 0.6 is 11.6 Å². The fourth-order valence-corrected chi connectivity index (χ4v) is 4.12. The summed E-state index contributed by atoms with van der Waals surface area (Å²) < 4.78 is 22.1. The molecule has 2 fully saturated rings. The third-order valence-electron chi connectivity index (χ3n) is 5.81. The van der Waals surface area contributed by atoms with Crippen LogP contribution in [0.15, 0.2) is 24.4 Å². The monoisotopic (exact) mass is 491 g/mol. The van der Waals surface area contributed by atoms with E-state index in [2.05, 4.69) is 4.98 Å². The van der Waals surface area contributed by atoms with E-state index in [0.717, 1.165) is 0 Å². The highest BCUT2D eigenvalue weighted by molar-refractivity contribution is 6.31. The lowest BCUT2D eigenvalue weighted by atomic mass is 9.97. The van der Waals surface area contributed by atoms with Gasteiger partial charge in [-0.3, -0.25) is 0 Å². The standard InChI is InChI=1S/C20H26ClNO11/c21-7-1-2-8-9(3-7)22-4-10(8)30-19-17(29)15(27)18(12(6-24)32-19)33-20-16(28)14(26)13(25)11(5-23)31-20/h1-4,11-20,22-29H,5-6H2/t11-,12+,13-,14-,15+,16-,17-,18-,19-,20+/m1/s1. The van der Waals surface area contributed by atoms with Crippen LogP contribution in [0.2, 0.25) is 5.02 Å². The Kier molecular flexibility index (Phi) is 7.43. The number of H-pyrrole nitrogens is 1. The molecule has 0 saturated carbocycles. The van der Waals surface area contributed by atoms with Gasteiger partial charge in [0.2, 0.25) is 6.29 Å². The Labute approximate surface area is 192 Å². The van der Waals surface area contributed by atoms with Crippen molar-refractivity contribution in [2.75, 3.05) is 13.2 Å². The molecule has 0 aliphatic carbocycles. The number of nitrogens with one attached hydrogen (secondary N) is 1. The number of aromatic nitrogens is 1. The van der Waals surface area contributed by atoms with E-state index in [1.807, 2.05) is 0 Å². The molecule has 3 heterocycles. The zero-order valence-electron chi connectivity index (χ0n) is 17.1. The van der Waals surface area contributed by atoms with Crippen molar-refractivity contribution in [2.24, 2.45) is 0 Å². The molecule has 0 spiro atoms. The number of benzene rings is 1. The van der Waals surface area contributed by atoms with Crippen molar-refractivity contribution in [3.8, 4) is 5.75 Å². The van der Waals surface area contributed by atoms with Crippen molar-refractivity contribution in [1.82, 2.24) is 4.98 Å². The topological polar surface area (TPSA) is 194 Å². The Morgan fingerprint density at radius 3 is 2.21 bits per heavy atom. The third-order valence-corrected chi connectivity index (χ3v) is 6.04. The lowest BCUT2D eigenvalue weighted by Gasteiger charge is -2.45. The minimum absolute atomic E-state index is 0.308. The van der Waals surface area contributed by atoms with Crippen LogP contribution in [0, 0.1) is 0 Å². The second kappa shape index (κ2) is 9.98. The van der Waals surface area contributed by atoms with Crippen LogP contribution in [0.5, 0.6) is 5.75 Å². The molecule has 2 saturated heterocycles. The van der Waals surface area contributed by atoms with Crippen LogP contribution in [0.4, 0.5) is 0 Å². The van der Waals surface area contributed by atoms with Crippen molar-refractivity contribution < 1.29 is 54.7 Å². The van der Waals surface area contributed by atoms with Gasteiger partial charge in [-0.05, 0) is 18.2 Å². The lowest BCUT2D eigenvalue weighted by Crippen LogP contribution is -2.65. The van der Waals surface area contributed by atoms with E-state index in [1.54, 1.807) is 18.2 Å². The maximum absolute atomic E-state index is 10.7. The van der Waals surface area contributed by atoms with Gasteiger partial charge in [0.1, 0.15) is 54.6 Å². The predicted molar refractivity (Wildman–Crippen MR) is 110 cm³/mol. The van der Waals surface area contributed by atoms with E-state index in [1.165, 1.54) is 6.20 Å². The molecule has 8 N–H and O–H groups in total. The Balaban J connectivity index is 1.49. The predicted octanol–water partition coefficient (Wildman–Crippen LogP) is -2.18. The average Bonchev–Trinajstić information content (AvgIpc) is 3.20. The van der Waals surface area contributed by atoms with Crippen molar-refractivity contribution in [1.29, 1.82) is 0 Å². The highest BCUT2D eigenvalue weighted by atomic mass is 35.5. The summed E-state index contributed by atoms with van der Waals surface area (Å²) >= 11 is 5.97. The molecule has 2 aromatic rings. The second-order valence-corrected chi connectivity index (χ2v) is 8.40. The minimum atomic E-state index is -1.74. The van der Waals surface area contributed by atoms with Gasteiger partial charge in [0.05, 0.1) is 18.7 Å². The molecule has 10 atom stereocenters. The van der Waals surface area contributed by atoms with Gasteiger partial charge >= 0.3 is 0 Å². The van der Waals surface area contributed by atoms with E-state index in [4.69, 9.17) is 30.5 Å². The zero-order chi connectivity index (χ0) is 23.9. The molecule has 1 aromatic heterocycles. The van der Waals surface area contributed by atoms with Crippen molar-refractivity contribution in [2.45, 2.75) is 61.4 Å². The van der Waals surface area contributed by atoms with Gasteiger partial charge in [0.25, 0.3) is 0 Å². The summed E-state index contributed by atoms with van der Waals surface area (Å²) in [6, 6.07) is 5.03. The van der Waals surface area contributed by atoms with Crippen LogP contribution < -0.4 is 4.74 Å². The fraction of sp³-hybridized carbons (Fsp3) is 0.600. The summed E-state index contributed by atoms with van der Waals surface area (Å²) in [6.07, 6.45) is -13.7. The van der Waals surface area contributed by atoms with Crippen molar-refractivity contribution in [3.63, 3.8) is 0 Å². The molecule has 2 aliphatic heterocycles. The van der Waals surface area contributed by atoms with Gasteiger partial charge in [-0.1, -0.05) is 11.6 Å². The SMILES string of the molecule is OC[C@@H]1O[C@@H](Oc2c[nH]c3cc(Cl)ccc23)[C@H](O)[C@H](O)[C@@H]1O[C@@H]1O[C@H](CO)[C@@H](O)[C@@H](O)[C@H]1O. The molecule has 33 heavy (non-hydrogen) atoms. The largest absolute Gasteiger partial charge is 0.460 e. The van der Waals surface area contributed by atoms with Gasteiger partial charge in [-0.2, -0.15) is 0 Å². The van der Waals surface area contributed by atoms with Crippen LogP contribution in [0.3, 0.4) is 0 Å². The summed E-state index contributed by atoms with van der Waals surface area (Å²) in [5.74, 6) is 0.308. The molecule has 0 unspecified atom stereocenters. The highest BCUT2D eigenvalue weighted by Gasteiger charge is 2.51. The van der Waals surface area contributed by atoms with Gasteiger partial charge in [0.15, 0.2) is 6.29 Å². The Bertz CT molecular complexity index is 940. The average molecular weight is 492 g/mol. The second-order valence-electron chi connectivity index (χ2n) is 7.97. The molecule has 13 heteroatoms. The summed E-state index contributed by atoms with van der Waals surface area (Å²) in [4.78, 5) is 2.96. The number of hydrogen-bond acceptors (Lipinski definition) is 11. The number of aliphatic hydroxyl groups excluding tert-OH is 7. The van der Waals surface area contributed by atoms with Gasteiger partial charge in [-0.15, -0.1) is 0 Å². The molecular formula is C20H26ClNO11. The Hall–Kier alpha value is -1.55. The number of rotatable bonds is 6. The first-order valence-corrected chi connectivity index (χ1v) is 10.6. The molecule has 184 valence electrons. The number of hydrogen-bond donors (Lipinski definition) is 8. The van der Waals surface area contributed by atoms with Gasteiger partial charge in [-0.25, -0.2) is 0 Å². The fourth-order valence-electron chi connectivity index (χ4n) is 3.95. The maximum Gasteiger partial charge on any atom is 0.229 e. The first kappa shape index (κ1) is 24.6. The van der Waals surface area contributed by atoms with Gasteiger partial charge in [0, 0.05) is 16.6 Å². The van der Waals surface area contributed by atoms with Crippen LogP contribution in [-0.2, 0) is 14.2 Å². The summed E-state index contributed by atoms with van der Waals surface area (Å²) in [6.45, 7) is -1.33. The maximum atomic E-state index is 10.7. The van der Waals surface area contributed by atoms with E-state index in [0.29, 0.717) is 21.7 Å². The molecule has 0 bridgehead atoms.